The molecule has 0 fully saturated rings. The Morgan fingerprint density at radius 3 is 1.18 bits per heavy atom. The zero-order valence-electron chi connectivity index (χ0n) is 9.49. The summed E-state index contributed by atoms with van der Waals surface area (Å²) in [5.41, 5.74) is 0. The maximum Gasteiger partial charge on any atom is 0.0439 e. The average molecular weight is 190 g/mol. The fourth-order valence-corrected chi connectivity index (χ4v) is 0. The molecule has 0 aromatic rings. The van der Waals surface area contributed by atoms with Gasteiger partial charge in [-0.1, -0.05) is 58.7 Å². The molecule has 0 radical (unpaired) electrons. The third kappa shape index (κ3) is 25.1. The molecule has 0 nitrogen and oxygen atoms in total. The quantitative estimate of drug-likeness (QED) is 0.581. The van der Waals surface area contributed by atoms with Gasteiger partial charge >= 0.3 is 0 Å². The molecule has 0 saturated carbocycles. The van der Waals surface area contributed by atoms with Crippen molar-refractivity contribution in [2.45, 2.75) is 58.7 Å². The lowest BCUT2D eigenvalue weighted by Gasteiger charge is -2.09. The second kappa shape index (κ2) is 7.10. The van der Waals surface area contributed by atoms with Gasteiger partial charge in [-0.3, -0.25) is 0 Å². The Kier molecular flexibility index (Phi) is 9.03. The number of hydrogen-bond acceptors (Lipinski definition) is 0. The summed E-state index contributed by atoms with van der Waals surface area (Å²) >= 11 is 0. The van der Waals surface area contributed by atoms with Gasteiger partial charge < -0.3 is 0 Å². The van der Waals surface area contributed by atoms with Gasteiger partial charge in [0, 0.05) is 16.9 Å². The summed E-state index contributed by atoms with van der Waals surface area (Å²) in [6.07, 6.45) is 0. The molecule has 0 unspecified atom stereocenters. The van der Waals surface area contributed by atoms with Gasteiger partial charge in [-0.25, -0.2) is 0 Å². The van der Waals surface area contributed by atoms with Crippen LogP contribution in [0.2, 0.25) is 44.8 Å². The first-order chi connectivity index (χ1) is 4.83. The molecule has 0 aliphatic carbocycles. The Bertz CT molecular complexity index is 72.1. The highest BCUT2D eigenvalue weighted by Gasteiger charge is 2.06. The van der Waals surface area contributed by atoms with E-state index < -0.39 is 8.07 Å². The van der Waals surface area contributed by atoms with Crippen LogP contribution in [-0.2, 0) is 0 Å². The van der Waals surface area contributed by atoms with E-state index in [4.69, 9.17) is 0 Å². The predicted octanol–water partition coefficient (Wildman–Crippen LogP) is 3.84. The lowest BCUT2D eigenvalue weighted by Crippen LogP contribution is -2.16. The van der Waals surface area contributed by atoms with Gasteiger partial charge in [0.05, 0.1) is 0 Å². The molecule has 0 aromatic carbocycles. The highest BCUT2D eigenvalue weighted by Crippen LogP contribution is 2.04. The Morgan fingerprint density at radius 1 is 1.00 bits per heavy atom. The van der Waals surface area contributed by atoms with Gasteiger partial charge in [0.25, 0.3) is 0 Å². The van der Waals surface area contributed by atoms with Crippen molar-refractivity contribution < 1.29 is 0 Å². The van der Waals surface area contributed by atoms with Crippen molar-refractivity contribution in [2.24, 2.45) is 0 Å². The fraction of sp³-hybridized carbons (Fsp3) is 1.00. The summed E-state index contributed by atoms with van der Waals surface area (Å²) in [4.78, 5) is 0. The van der Waals surface area contributed by atoms with Gasteiger partial charge in [-0.15, -0.1) is 0 Å². The van der Waals surface area contributed by atoms with Crippen molar-refractivity contribution in [3.8, 4) is 0 Å². The average Bonchev–Trinajstić information content (AvgIpc) is 1.88. The van der Waals surface area contributed by atoms with Crippen LogP contribution in [0.4, 0.5) is 0 Å². The van der Waals surface area contributed by atoms with Gasteiger partial charge in [0.2, 0.25) is 0 Å². The molecule has 0 saturated heterocycles. The van der Waals surface area contributed by atoms with E-state index in [2.05, 4.69) is 46.6 Å². The molecule has 0 aliphatic heterocycles. The van der Waals surface area contributed by atoms with Crippen LogP contribution in [0.1, 0.15) is 13.8 Å². The van der Waals surface area contributed by atoms with Crippen LogP contribution in [0, 0.1) is 0 Å². The van der Waals surface area contributed by atoms with Crippen molar-refractivity contribution >= 4 is 16.9 Å². The Labute approximate surface area is 76.0 Å². The predicted molar refractivity (Wildman–Crippen MR) is 63.2 cm³/mol. The maximum atomic E-state index is 2.38. The molecule has 2 heteroatoms. The van der Waals surface area contributed by atoms with Gasteiger partial charge in [0.1, 0.15) is 0 Å². The number of hydrogen-bond donors (Lipinski definition) is 0. The van der Waals surface area contributed by atoms with Gasteiger partial charge in [-0.05, 0) is 0 Å². The van der Waals surface area contributed by atoms with Crippen LogP contribution in [0.15, 0.2) is 0 Å². The van der Waals surface area contributed by atoms with E-state index in [9.17, 15) is 0 Å². The van der Waals surface area contributed by atoms with E-state index in [-0.39, 0.29) is 8.80 Å². The van der Waals surface area contributed by atoms with Crippen molar-refractivity contribution in [2.75, 3.05) is 0 Å². The van der Waals surface area contributed by atoms with Crippen LogP contribution in [0.25, 0.3) is 0 Å². The largest absolute Gasteiger partial charge is 0.0722 e. The Balaban J connectivity index is 0. The van der Waals surface area contributed by atoms with E-state index in [0.717, 1.165) is 0 Å². The maximum absolute atomic E-state index is 2.38. The third-order valence-electron chi connectivity index (χ3n) is 1.88. The molecule has 0 atom stereocenters. The fourth-order valence-electron chi connectivity index (χ4n) is 0. The minimum atomic E-state index is -0.631. The van der Waals surface area contributed by atoms with Crippen molar-refractivity contribution in [3.63, 3.8) is 0 Å². The van der Waals surface area contributed by atoms with Gasteiger partial charge in [-0.2, -0.15) is 0 Å². The zero-order valence-corrected chi connectivity index (χ0v) is 11.6. The van der Waals surface area contributed by atoms with Crippen LogP contribution >= 0.6 is 0 Å². The summed E-state index contributed by atoms with van der Waals surface area (Å²) in [6.45, 7) is 16.4. The minimum absolute atomic E-state index is 0.150. The molecule has 0 amide bonds. The van der Waals surface area contributed by atoms with Crippen LogP contribution in [0.3, 0.4) is 0 Å². The topological polar surface area (TPSA) is 0 Å². The highest BCUT2D eigenvalue weighted by molar-refractivity contribution is 6.75. The molecule has 0 bridgehead atoms. The zero-order chi connectivity index (χ0) is 9.49. The van der Waals surface area contributed by atoms with Crippen molar-refractivity contribution in [1.82, 2.24) is 0 Å². The summed E-state index contributed by atoms with van der Waals surface area (Å²) in [7, 11) is -0.781. The lowest BCUT2D eigenvalue weighted by atomic mass is 11.0. The van der Waals surface area contributed by atoms with Crippen LogP contribution in [-0.4, -0.2) is 16.9 Å². The summed E-state index contributed by atoms with van der Waals surface area (Å²) in [5.74, 6) is 0. The van der Waals surface area contributed by atoms with Gasteiger partial charge in [0.15, 0.2) is 0 Å². The van der Waals surface area contributed by atoms with Crippen LogP contribution in [0.5, 0.6) is 0 Å². The Hall–Kier alpha value is 0.434. The molecule has 0 heterocycles. The monoisotopic (exact) mass is 190 g/mol. The lowest BCUT2D eigenvalue weighted by molar-refractivity contribution is 1.36. The molecule has 70 valence electrons. The highest BCUT2D eigenvalue weighted by atomic mass is 28.3. The SMILES string of the molecule is CC[SiH](C)C.CC[Si](C)(C)C. The third-order valence-corrected chi connectivity index (χ3v) is 5.63. The van der Waals surface area contributed by atoms with E-state index in [0.29, 0.717) is 0 Å². The summed E-state index contributed by atoms with van der Waals surface area (Å²) < 4.78 is 0. The minimum Gasteiger partial charge on any atom is -0.0722 e. The van der Waals surface area contributed by atoms with Crippen molar-refractivity contribution in [3.05, 3.63) is 0 Å². The first-order valence-corrected chi connectivity index (χ1v) is 11.7. The molecule has 0 aliphatic rings. The first-order valence-electron chi connectivity index (χ1n) is 4.83. The second-order valence-corrected chi connectivity index (χ2v) is 14.1. The van der Waals surface area contributed by atoms with E-state index >= 15 is 0 Å². The standard InChI is InChI=1S/C5H14Si.C4H12Si/c1-5-6(2,3)4;1-4-5(2)3/h5H2,1-4H3;5H,4H2,1-3H3. The van der Waals surface area contributed by atoms with E-state index in [1.807, 2.05) is 0 Å². The molecule has 0 aromatic heterocycles. The van der Waals surface area contributed by atoms with E-state index in [1.54, 1.807) is 0 Å². The molecular weight excluding hydrogens is 164 g/mol. The molecule has 11 heavy (non-hydrogen) atoms. The Morgan fingerprint density at radius 2 is 1.18 bits per heavy atom. The number of rotatable bonds is 2. The van der Waals surface area contributed by atoms with E-state index in [1.165, 1.54) is 12.1 Å². The second-order valence-electron chi connectivity index (χ2n) is 4.72. The normalized spacial score (nSPS) is 10.9. The molecular formula is C9H26Si2. The summed E-state index contributed by atoms with van der Waals surface area (Å²) in [6, 6.07) is 2.85. The summed E-state index contributed by atoms with van der Waals surface area (Å²) in [5, 5.41) is 0. The van der Waals surface area contributed by atoms with Crippen molar-refractivity contribution in [1.29, 1.82) is 0 Å². The first kappa shape index (κ1) is 14.0. The smallest absolute Gasteiger partial charge is 0.0439 e. The van der Waals surface area contributed by atoms with Crippen LogP contribution < -0.4 is 0 Å². The molecule has 0 rings (SSSR count). The molecule has 0 spiro atoms. The molecule has 0 N–H and O–H groups in total.